The van der Waals surface area contributed by atoms with Crippen molar-refractivity contribution in [2.24, 2.45) is 7.05 Å². The van der Waals surface area contributed by atoms with Crippen molar-refractivity contribution in [1.82, 2.24) is 14.2 Å². The molecule has 0 N–H and O–H groups in total. The fourth-order valence-corrected chi connectivity index (χ4v) is 6.43. The Morgan fingerprint density at radius 3 is 1.89 bits per heavy atom. The van der Waals surface area contributed by atoms with E-state index in [1.165, 1.54) is 5.56 Å². The van der Waals surface area contributed by atoms with Gasteiger partial charge in [0, 0.05) is 76.6 Å². The summed E-state index contributed by atoms with van der Waals surface area (Å²) in [7, 11) is -2.32. The summed E-state index contributed by atoms with van der Waals surface area (Å²) in [5.41, 5.74) is 5.16. The van der Waals surface area contributed by atoms with Crippen molar-refractivity contribution in [3.8, 4) is 0 Å². The van der Waals surface area contributed by atoms with E-state index < -0.39 is 21.9 Å². The molecule has 0 saturated carbocycles. The number of pyridine rings is 1. The van der Waals surface area contributed by atoms with Gasteiger partial charge < -0.3 is 9.13 Å². The van der Waals surface area contributed by atoms with Crippen LogP contribution in [-0.2, 0) is 44.1 Å². The maximum atomic E-state index is 14.0. The highest BCUT2D eigenvalue weighted by Gasteiger charge is 2.44. The number of aryl methyl sites for hydroxylation is 1. The number of hydroxylamine groups is 2. The maximum absolute atomic E-state index is 14.0. The smallest absolute Gasteiger partial charge is 0.287 e. The summed E-state index contributed by atoms with van der Waals surface area (Å²) >= 11 is 0. The molecule has 4 heterocycles. The molecule has 9 nitrogen and oxygen atoms in total. The van der Waals surface area contributed by atoms with E-state index >= 15 is 0 Å². The van der Waals surface area contributed by atoms with Crippen LogP contribution in [0.4, 0.5) is 0 Å². The number of rotatable bonds is 8. The average Bonchev–Trinajstić information content (AvgIpc) is 3.63. The summed E-state index contributed by atoms with van der Waals surface area (Å²) in [5, 5.41) is 1.87. The topological polar surface area (TPSA) is 94.5 Å². The van der Waals surface area contributed by atoms with Gasteiger partial charge in [-0.2, -0.15) is 8.42 Å². The highest BCUT2D eigenvalue weighted by Crippen LogP contribution is 2.42. The van der Waals surface area contributed by atoms with E-state index in [9.17, 15) is 18.0 Å². The van der Waals surface area contributed by atoms with Gasteiger partial charge in [-0.25, -0.2) is 4.57 Å². The van der Waals surface area contributed by atoms with Gasteiger partial charge in [-0.1, -0.05) is 66.7 Å². The SMILES string of the molecule is Cn1cc(C2=C(c3cn(Cc4ccc(C[n+]5ccccc5)cc4)c4ccccc34)C(=O)N(OS(C)(=O)=O)C2=O)c2ccccc21. The number of para-hydroxylation sites is 2. The lowest BCUT2D eigenvalue weighted by Crippen LogP contribution is -2.33. The van der Waals surface area contributed by atoms with Gasteiger partial charge in [0.15, 0.2) is 18.9 Å². The van der Waals surface area contributed by atoms with Crippen molar-refractivity contribution in [1.29, 1.82) is 0 Å². The van der Waals surface area contributed by atoms with Crippen LogP contribution in [0.5, 0.6) is 0 Å². The van der Waals surface area contributed by atoms with Crippen LogP contribution in [0.1, 0.15) is 22.3 Å². The number of fused-ring (bicyclic) bond motifs is 2. The third-order valence-electron chi connectivity index (χ3n) is 8.00. The zero-order valence-corrected chi connectivity index (χ0v) is 25.4. The van der Waals surface area contributed by atoms with Gasteiger partial charge in [0.1, 0.15) is 0 Å². The molecule has 1 aliphatic rings. The first-order chi connectivity index (χ1) is 21.7. The second kappa shape index (κ2) is 11.0. The van der Waals surface area contributed by atoms with Crippen molar-refractivity contribution in [3.63, 3.8) is 0 Å². The van der Waals surface area contributed by atoms with Crippen molar-refractivity contribution < 1.29 is 26.9 Å². The van der Waals surface area contributed by atoms with E-state index in [1.54, 1.807) is 6.20 Å². The van der Waals surface area contributed by atoms with Crippen molar-refractivity contribution in [3.05, 3.63) is 138 Å². The van der Waals surface area contributed by atoms with Crippen LogP contribution in [-0.4, -0.2) is 40.7 Å². The molecular weight excluding hydrogens is 588 g/mol. The van der Waals surface area contributed by atoms with Crippen LogP contribution in [0.15, 0.2) is 116 Å². The van der Waals surface area contributed by atoms with E-state index in [-0.39, 0.29) is 11.1 Å². The summed E-state index contributed by atoms with van der Waals surface area (Å²) in [6.07, 6.45) is 8.50. The molecule has 0 radical (unpaired) electrons. The lowest BCUT2D eigenvalue weighted by molar-refractivity contribution is -0.688. The van der Waals surface area contributed by atoms with Gasteiger partial charge in [-0.05, 0) is 17.7 Å². The molecule has 224 valence electrons. The van der Waals surface area contributed by atoms with Gasteiger partial charge in [0.05, 0.1) is 17.4 Å². The molecule has 0 spiro atoms. The molecule has 3 aromatic heterocycles. The first-order valence-corrected chi connectivity index (χ1v) is 16.2. The number of benzene rings is 3. The largest absolute Gasteiger partial charge is 0.350 e. The lowest BCUT2D eigenvalue weighted by Gasteiger charge is -2.11. The predicted octanol–water partition coefficient (Wildman–Crippen LogP) is 4.69. The zero-order chi connectivity index (χ0) is 31.3. The van der Waals surface area contributed by atoms with Crippen LogP contribution in [0, 0.1) is 0 Å². The minimum atomic E-state index is -4.18. The van der Waals surface area contributed by atoms with Gasteiger partial charge in [0.25, 0.3) is 21.9 Å². The highest BCUT2D eigenvalue weighted by molar-refractivity contribution is 7.85. The number of amides is 2. The van der Waals surface area contributed by atoms with Crippen molar-refractivity contribution >= 4 is 54.9 Å². The van der Waals surface area contributed by atoms with Crippen molar-refractivity contribution in [2.45, 2.75) is 13.1 Å². The quantitative estimate of drug-likeness (QED) is 0.183. The Hall–Kier alpha value is -5.32. The van der Waals surface area contributed by atoms with E-state index in [1.807, 2.05) is 102 Å². The molecule has 45 heavy (non-hydrogen) atoms. The molecule has 2 amide bonds. The first-order valence-electron chi connectivity index (χ1n) is 14.3. The number of hydrogen-bond acceptors (Lipinski definition) is 5. The van der Waals surface area contributed by atoms with E-state index in [4.69, 9.17) is 4.28 Å². The minimum Gasteiger partial charge on any atom is -0.350 e. The van der Waals surface area contributed by atoms with Crippen LogP contribution < -0.4 is 4.57 Å². The Kier molecular flexibility index (Phi) is 6.95. The maximum Gasteiger partial charge on any atom is 0.287 e. The Bertz CT molecular complexity index is 2270. The molecular formula is C35H29N4O5S+. The Labute approximate surface area is 259 Å². The molecule has 0 unspecified atom stereocenters. The number of aromatic nitrogens is 3. The van der Waals surface area contributed by atoms with Crippen molar-refractivity contribution in [2.75, 3.05) is 6.26 Å². The van der Waals surface area contributed by atoms with E-state index in [0.29, 0.717) is 22.7 Å². The molecule has 3 aromatic carbocycles. The third-order valence-corrected chi connectivity index (χ3v) is 8.42. The van der Waals surface area contributed by atoms with Crippen LogP contribution in [0.25, 0.3) is 33.0 Å². The molecule has 6 aromatic rings. The summed E-state index contributed by atoms with van der Waals surface area (Å²) in [5.74, 6) is -1.67. The van der Waals surface area contributed by atoms with Crippen LogP contribution >= 0.6 is 0 Å². The minimum absolute atomic E-state index is 0.0881. The predicted molar refractivity (Wildman–Crippen MR) is 171 cm³/mol. The second-order valence-electron chi connectivity index (χ2n) is 11.2. The van der Waals surface area contributed by atoms with Gasteiger partial charge in [0.2, 0.25) is 0 Å². The third kappa shape index (κ3) is 5.24. The fraction of sp³-hybridized carbons (Fsp3) is 0.114. The average molecular weight is 618 g/mol. The Balaban J connectivity index is 1.34. The molecule has 0 aliphatic carbocycles. The van der Waals surface area contributed by atoms with Gasteiger partial charge in [-0.3, -0.25) is 9.59 Å². The number of nitrogens with zero attached hydrogens (tertiary/aromatic N) is 4. The first kappa shape index (κ1) is 28.5. The highest BCUT2D eigenvalue weighted by atomic mass is 32.2. The second-order valence-corrected chi connectivity index (χ2v) is 12.7. The van der Waals surface area contributed by atoms with Gasteiger partial charge in [-0.15, -0.1) is 9.35 Å². The molecule has 0 fully saturated rings. The Morgan fingerprint density at radius 1 is 0.689 bits per heavy atom. The zero-order valence-electron chi connectivity index (χ0n) is 24.6. The number of hydrogen-bond donors (Lipinski definition) is 0. The number of carbonyl (C=O) groups is 2. The monoisotopic (exact) mass is 617 g/mol. The summed E-state index contributed by atoms with van der Waals surface area (Å²) in [4.78, 5) is 27.8. The molecule has 0 saturated heterocycles. The lowest BCUT2D eigenvalue weighted by atomic mass is 9.95. The summed E-state index contributed by atoms with van der Waals surface area (Å²) < 4.78 is 35.2. The standard InChI is InChI=1S/C35H29N4O5S/c1-36-22-28(26-10-4-6-12-30(26)36)32-33(35(41)39(34(32)40)44-45(2,42)43)29-23-38(31-13-7-5-11-27(29)31)21-25-16-14-24(15-17-25)20-37-18-8-3-9-19-37/h3-19,22-23H,20-21H2,1-2H3/q+1. The normalized spacial score (nSPS) is 14.0. The number of imide groups is 1. The molecule has 10 heteroatoms. The fourth-order valence-electron chi connectivity index (χ4n) is 6.03. The van der Waals surface area contributed by atoms with E-state index in [0.717, 1.165) is 40.2 Å². The van der Waals surface area contributed by atoms with Gasteiger partial charge >= 0.3 is 0 Å². The molecule has 1 aliphatic heterocycles. The van der Waals surface area contributed by atoms with Crippen LogP contribution in [0.3, 0.4) is 0 Å². The van der Waals surface area contributed by atoms with E-state index in [2.05, 4.69) is 28.8 Å². The molecule has 0 atom stereocenters. The van der Waals surface area contributed by atoms with Crippen LogP contribution in [0.2, 0.25) is 0 Å². The summed E-state index contributed by atoms with van der Waals surface area (Å²) in [6.45, 7) is 1.27. The number of carbonyl (C=O) groups excluding carboxylic acids is 2. The summed E-state index contributed by atoms with van der Waals surface area (Å²) in [6, 6.07) is 29.5. The molecule has 0 bridgehead atoms. The Morgan fingerprint density at radius 2 is 1.24 bits per heavy atom. The molecule has 7 rings (SSSR count).